The van der Waals surface area contributed by atoms with Crippen molar-refractivity contribution in [3.63, 3.8) is 0 Å². The third kappa shape index (κ3) is 6.80. The lowest BCUT2D eigenvalue weighted by Crippen LogP contribution is -2.44. The molecule has 0 atom stereocenters. The van der Waals surface area contributed by atoms with Crippen LogP contribution in [0.15, 0.2) is 39.4 Å². The van der Waals surface area contributed by atoms with E-state index >= 15 is 0 Å². The molecule has 0 radical (unpaired) electrons. The smallest absolute Gasteiger partial charge is 0.325 e. The van der Waals surface area contributed by atoms with E-state index in [1.54, 1.807) is 6.07 Å². The number of hydrogen-bond donors (Lipinski definition) is 3. The van der Waals surface area contributed by atoms with E-state index in [1.165, 1.54) is 31.4 Å². The summed E-state index contributed by atoms with van der Waals surface area (Å²) in [5.74, 6) is -2.70. The van der Waals surface area contributed by atoms with Gasteiger partial charge in [-0.3, -0.25) is 30.0 Å². The van der Waals surface area contributed by atoms with Crippen molar-refractivity contribution in [2.45, 2.75) is 0 Å². The predicted octanol–water partition coefficient (Wildman–Crippen LogP) is 1.44. The van der Waals surface area contributed by atoms with Gasteiger partial charge in [0.15, 0.2) is 17.0 Å². The summed E-state index contributed by atoms with van der Waals surface area (Å²) in [7, 11) is 1.38. The second-order valence-corrected chi connectivity index (χ2v) is 6.51. The van der Waals surface area contributed by atoms with Crippen molar-refractivity contribution in [1.29, 1.82) is 0 Å². The summed E-state index contributed by atoms with van der Waals surface area (Å²) in [6.07, 6.45) is 0. The third-order valence-electron chi connectivity index (χ3n) is 3.28. The average molecular weight is 489 g/mol. The second kappa shape index (κ2) is 10.5. The van der Waals surface area contributed by atoms with Crippen molar-refractivity contribution in [3.8, 4) is 5.75 Å². The zero-order chi connectivity index (χ0) is 21.4. The van der Waals surface area contributed by atoms with Crippen LogP contribution in [0.1, 0.15) is 20.9 Å². The van der Waals surface area contributed by atoms with Gasteiger partial charge in [-0.2, -0.15) is 0 Å². The van der Waals surface area contributed by atoms with Gasteiger partial charge in [0.2, 0.25) is 0 Å². The van der Waals surface area contributed by atoms with Crippen LogP contribution >= 0.6 is 27.5 Å². The van der Waals surface area contributed by atoms with E-state index < -0.39 is 36.8 Å². The minimum Gasteiger partial charge on any atom is -0.496 e. The third-order valence-corrected chi connectivity index (χ3v) is 3.94. The Morgan fingerprint density at radius 1 is 1.10 bits per heavy atom. The zero-order valence-corrected chi connectivity index (χ0v) is 17.3. The number of esters is 1. The number of carbonyl (C=O) groups is 4. The maximum atomic E-state index is 12.1. The average Bonchev–Trinajstić information content (AvgIpc) is 3.14. The maximum absolute atomic E-state index is 12.1. The van der Waals surface area contributed by atoms with Crippen LogP contribution in [0.2, 0.25) is 5.02 Å². The number of furan rings is 1. The van der Waals surface area contributed by atoms with Gasteiger partial charge in [-0.25, -0.2) is 0 Å². The SMILES string of the molecule is COc1ccc(Cl)cc1C(=O)NNC(=O)COC(=O)CNC(=O)c1ccc(Br)o1. The first-order valence-electron chi connectivity index (χ1n) is 7.92. The van der Waals surface area contributed by atoms with Gasteiger partial charge in [0.25, 0.3) is 17.7 Å². The van der Waals surface area contributed by atoms with E-state index in [0.717, 1.165) is 0 Å². The highest BCUT2D eigenvalue weighted by molar-refractivity contribution is 9.10. The van der Waals surface area contributed by atoms with Gasteiger partial charge in [0.05, 0.1) is 12.7 Å². The van der Waals surface area contributed by atoms with E-state index in [4.69, 9.17) is 25.5 Å². The molecule has 1 heterocycles. The molecule has 12 heteroatoms. The molecule has 3 amide bonds. The fourth-order valence-corrected chi connectivity index (χ4v) is 2.44. The molecule has 0 spiro atoms. The highest BCUT2D eigenvalue weighted by Gasteiger charge is 2.16. The number of nitrogens with one attached hydrogen (secondary N) is 3. The highest BCUT2D eigenvalue weighted by Crippen LogP contribution is 2.22. The van der Waals surface area contributed by atoms with Crippen LogP contribution in [0, 0.1) is 0 Å². The molecule has 0 aliphatic carbocycles. The first-order chi connectivity index (χ1) is 13.8. The molecule has 154 valence electrons. The lowest BCUT2D eigenvalue weighted by atomic mass is 10.2. The van der Waals surface area contributed by atoms with Crippen LogP contribution in [0.4, 0.5) is 0 Å². The van der Waals surface area contributed by atoms with E-state index in [2.05, 4.69) is 32.1 Å². The van der Waals surface area contributed by atoms with Gasteiger partial charge in [-0.1, -0.05) is 11.6 Å². The number of halogens is 2. The molecular formula is C17H15BrClN3O7. The Labute approximate surface area is 178 Å². The van der Waals surface area contributed by atoms with E-state index in [9.17, 15) is 19.2 Å². The fourth-order valence-electron chi connectivity index (χ4n) is 1.96. The van der Waals surface area contributed by atoms with Gasteiger partial charge < -0.3 is 19.2 Å². The largest absolute Gasteiger partial charge is 0.496 e. The molecule has 0 saturated carbocycles. The number of ether oxygens (including phenoxy) is 2. The Balaban J connectivity index is 1.72. The number of methoxy groups -OCH3 is 1. The second-order valence-electron chi connectivity index (χ2n) is 5.29. The summed E-state index contributed by atoms with van der Waals surface area (Å²) in [5.41, 5.74) is 4.32. The summed E-state index contributed by atoms with van der Waals surface area (Å²) in [5, 5.41) is 2.58. The summed E-state index contributed by atoms with van der Waals surface area (Å²) in [6, 6.07) is 7.33. The number of hydrogen-bond acceptors (Lipinski definition) is 7. The first-order valence-corrected chi connectivity index (χ1v) is 9.09. The van der Waals surface area contributed by atoms with Crippen molar-refractivity contribution in [1.82, 2.24) is 16.2 Å². The molecule has 0 saturated heterocycles. The Hall–Kier alpha value is -3.05. The molecule has 0 unspecified atom stereocenters. The van der Waals surface area contributed by atoms with Gasteiger partial charge in [-0.15, -0.1) is 0 Å². The molecule has 2 aromatic rings. The van der Waals surface area contributed by atoms with Crippen molar-refractivity contribution in [2.75, 3.05) is 20.3 Å². The molecule has 29 heavy (non-hydrogen) atoms. The first kappa shape index (κ1) is 22.2. The number of amides is 3. The highest BCUT2D eigenvalue weighted by atomic mass is 79.9. The minimum atomic E-state index is -0.859. The van der Waals surface area contributed by atoms with Crippen LogP contribution < -0.4 is 20.9 Å². The standard InChI is InChI=1S/C17H15BrClN3O7/c1-27-11-3-2-9(19)6-10(11)16(25)22-21-14(23)8-28-15(24)7-20-17(26)12-4-5-13(18)29-12/h2-6H,7-8H2,1H3,(H,20,26)(H,21,23)(H,22,25). The van der Waals surface area contributed by atoms with Gasteiger partial charge in [0, 0.05) is 5.02 Å². The van der Waals surface area contributed by atoms with Crippen molar-refractivity contribution >= 4 is 51.2 Å². The summed E-state index contributed by atoms with van der Waals surface area (Å²) in [4.78, 5) is 47.1. The Morgan fingerprint density at radius 3 is 2.52 bits per heavy atom. The van der Waals surface area contributed by atoms with Crippen LogP contribution in [-0.4, -0.2) is 44.0 Å². The number of carbonyl (C=O) groups excluding carboxylic acids is 4. The van der Waals surface area contributed by atoms with Crippen LogP contribution in [0.25, 0.3) is 0 Å². The molecule has 0 bridgehead atoms. The Kier molecular flexibility index (Phi) is 8.04. The molecular weight excluding hydrogens is 474 g/mol. The van der Waals surface area contributed by atoms with Crippen LogP contribution in [0.3, 0.4) is 0 Å². The quantitative estimate of drug-likeness (QED) is 0.396. The molecule has 0 fully saturated rings. The number of hydrazine groups is 1. The van der Waals surface area contributed by atoms with Gasteiger partial charge in [0.1, 0.15) is 12.3 Å². The van der Waals surface area contributed by atoms with E-state index in [-0.39, 0.29) is 17.1 Å². The summed E-state index contributed by atoms with van der Waals surface area (Å²) < 4.78 is 15.1. The molecule has 1 aromatic carbocycles. The topological polar surface area (TPSA) is 136 Å². The van der Waals surface area contributed by atoms with Crippen LogP contribution in [0.5, 0.6) is 5.75 Å². The lowest BCUT2D eigenvalue weighted by molar-refractivity contribution is -0.147. The monoisotopic (exact) mass is 487 g/mol. The lowest BCUT2D eigenvalue weighted by Gasteiger charge is -2.11. The summed E-state index contributed by atoms with van der Waals surface area (Å²) >= 11 is 8.89. The predicted molar refractivity (Wildman–Crippen MR) is 103 cm³/mol. The van der Waals surface area contributed by atoms with E-state index in [1.807, 2.05) is 0 Å². The Morgan fingerprint density at radius 2 is 1.86 bits per heavy atom. The van der Waals surface area contributed by atoms with Crippen molar-refractivity contribution in [3.05, 3.63) is 51.3 Å². The molecule has 0 aliphatic heterocycles. The molecule has 2 rings (SSSR count). The van der Waals surface area contributed by atoms with Gasteiger partial charge in [-0.05, 0) is 46.3 Å². The van der Waals surface area contributed by atoms with Crippen LogP contribution in [-0.2, 0) is 14.3 Å². The zero-order valence-electron chi connectivity index (χ0n) is 14.9. The minimum absolute atomic E-state index is 0.00146. The molecule has 1 aromatic heterocycles. The number of rotatable bonds is 7. The maximum Gasteiger partial charge on any atom is 0.325 e. The van der Waals surface area contributed by atoms with E-state index in [0.29, 0.717) is 9.69 Å². The fraction of sp³-hybridized carbons (Fsp3) is 0.176. The van der Waals surface area contributed by atoms with Crippen molar-refractivity contribution < 1.29 is 33.1 Å². The number of benzene rings is 1. The van der Waals surface area contributed by atoms with Crippen molar-refractivity contribution in [2.24, 2.45) is 0 Å². The molecule has 10 nitrogen and oxygen atoms in total. The normalized spacial score (nSPS) is 10.0. The summed E-state index contributed by atoms with van der Waals surface area (Å²) in [6.45, 7) is -1.15. The molecule has 0 aliphatic rings. The van der Waals surface area contributed by atoms with Gasteiger partial charge >= 0.3 is 5.97 Å². The molecule has 3 N–H and O–H groups in total. The Bertz CT molecular complexity index is 932.